The largest absolute Gasteiger partial charge is 0.394 e. The third-order valence-electron chi connectivity index (χ3n) is 2.93. The molecule has 7 heteroatoms. The zero-order valence-electron chi connectivity index (χ0n) is 9.38. The number of aliphatic hydroxyl groups is 6. The zero-order valence-corrected chi connectivity index (χ0v) is 9.38. The van der Waals surface area contributed by atoms with E-state index in [0.717, 1.165) is 0 Å². The Balaban J connectivity index is 2.52. The quantitative estimate of drug-likeness (QED) is 0.314. The molecule has 1 aliphatic heterocycles. The average molecular weight is 252 g/mol. The van der Waals surface area contributed by atoms with E-state index in [0.29, 0.717) is 19.3 Å². The molecule has 1 aliphatic rings. The standard InChI is InChI=1S/C10H20O7/c11-4-5(12)8(14)10(16)9(15)6-2-1-3-7(13)17-6/h5-16H,1-4H2/t5-,6+,7?,8-,9-,10+/m1/s1. The van der Waals surface area contributed by atoms with Crippen LogP contribution in [-0.4, -0.2) is 74.1 Å². The molecule has 1 heterocycles. The van der Waals surface area contributed by atoms with Crippen molar-refractivity contribution in [2.24, 2.45) is 0 Å². The molecule has 1 fully saturated rings. The van der Waals surface area contributed by atoms with Gasteiger partial charge < -0.3 is 35.4 Å². The molecule has 1 rings (SSSR count). The summed E-state index contributed by atoms with van der Waals surface area (Å²) in [6.45, 7) is -0.723. The molecule has 0 aromatic heterocycles. The van der Waals surface area contributed by atoms with Gasteiger partial charge in [-0.15, -0.1) is 0 Å². The molecule has 0 spiro atoms. The Morgan fingerprint density at radius 1 is 1.06 bits per heavy atom. The first-order valence-electron chi connectivity index (χ1n) is 5.64. The lowest BCUT2D eigenvalue weighted by atomic mass is 9.95. The van der Waals surface area contributed by atoms with Crippen LogP contribution in [0.5, 0.6) is 0 Å². The third kappa shape index (κ3) is 3.85. The van der Waals surface area contributed by atoms with Crippen LogP contribution in [0.4, 0.5) is 0 Å². The summed E-state index contributed by atoms with van der Waals surface area (Å²) in [5.41, 5.74) is 0. The van der Waals surface area contributed by atoms with Crippen LogP contribution >= 0.6 is 0 Å². The molecular formula is C10H20O7. The van der Waals surface area contributed by atoms with Crippen molar-refractivity contribution in [3.05, 3.63) is 0 Å². The van der Waals surface area contributed by atoms with Crippen LogP contribution in [0, 0.1) is 0 Å². The lowest BCUT2D eigenvalue weighted by Gasteiger charge is -2.34. The summed E-state index contributed by atoms with van der Waals surface area (Å²) in [4.78, 5) is 0. The van der Waals surface area contributed by atoms with Crippen LogP contribution < -0.4 is 0 Å². The number of ether oxygens (including phenoxy) is 1. The van der Waals surface area contributed by atoms with E-state index in [-0.39, 0.29) is 0 Å². The molecule has 0 radical (unpaired) electrons. The van der Waals surface area contributed by atoms with Crippen molar-refractivity contribution in [3.8, 4) is 0 Å². The molecular weight excluding hydrogens is 232 g/mol. The van der Waals surface area contributed by atoms with Crippen molar-refractivity contribution < 1.29 is 35.4 Å². The lowest BCUT2D eigenvalue weighted by Crippen LogP contribution is -2.51. The molecule has 17 heavy (non-hydrogen) atoms. The second-order valence-electron chi connectivity index (χ2n) is 4.28. The van der Waals surface area contributed by atoms with E-state index < -0.39 is 43.4 Å². The van der Waals surface area contributed by atoms with Crippen molar-refractivity contribution in [2.75, 3.05) is 6.61 Å². The molecule has 102 valence electrons. The molecule has 0 aromatic rings. The maximum atomic E-state index is 9.74. The van der Waals surface area contributed by atoms with Crippen molar-refractivity contribution in [1.82, 2.24) is 0 Å². The summed E-state index contributed by atoms with van der Waals surface area (Å²) >= 11 is 0. The first-order chi connectivity index (χ1) is 7.97. The van der Waals surface area contributed by atoms with Crippen molar-refractivity contribution in [2.45, 2.75) is 56.1 Å². The number of hydrogen-bond acceptors (Lipinski definition) is 7. The summed E-state index contributed by atoms with van der Waals surface area (Å²) in [6, 6.07) is 0. The Hall–Kier alpha value is -0.280. The summed E-state index contributed by atoms with van der Waals surface area (Å²) in [6.07, 6.45) is -6.53. The van der Waals surface area contributed by atoms with Crippen molar-refractivity contribution in [1.29, 1.82) is 0 Å². The predicted molar refractivity (Wildman–Crippen MR) is 55.8 cm³/mol. The molecule has 0 amide bonds. The average Bonchev–Trinajstić information content (AvgIpc) is 2.35. The molecule has 7 nitrogen and oxygen atoms in total. The monoisotopic (exact) mass is 252 g/mol. The van der Waals surface area contributed by atoms with Gasteiger partial charge in [0.2, 0.25) is 0 Å². The van der Waals surface area contributed by atoms with E-state index in [1.54, 1.807) is 0 Å². The highest BCUT2D eigenvalue weighted by molar-refractivity contribution is 4.86. The highest BCUT2D eigenvalue weighted by Gasteiger charge is 2.37. The molecule has 6 atom stereocenters. The van der Waals surface area contributed by atoms with E-state index in [9.17, 15) is 20.4 Å². The van der Waals surface area contributed by atoms with E-state index in [2.05, 4.69) is 0 Å². The molecule has 1 saturated heterocycles. The van der Waals surface area contributed by atoms with E-state index >= 15 is 0 Å². The molecule has 6 N–H and O–H groups in total. The van der Waals surface area contributed by atoms with Crippen LogP contribution in [0.25, 0.3) is 0 Å². The fraction of sp³-hybridized carbons (Fsp3) is 1.00. The minimum atomic E-state index is -1.67. The van der Waals surface area contributed by atoms with Crippen LogP contribution in [-0.2, 0) is 4.74 Å². The minimum Gasteiger partial charge on any atom is -0.394 e. The Kier molecular flexibility index (Phi) is 5.74. The summed E-state index contributed by atoms with van der Waals surface area (Å²) in [5, 5.41) is 55.7. The van der Waals surface area contributed by atoms with E-state index in [1.807, 2.05) is 0 Å². The van der Waals surface area contributed by atoms with Gasteiger partial charge in [-0.25, -0.2) is 0 Å². The highest BCUT2D eigenvalue weighted by Crippen LogP contribution is 2.22. The Morgan fingerprint density at radius 3 is 2.24 bits per heavy atom. The van der Waals surface area contributed by atoms with Gasteiger partial charge in [0.05, 0.1) is 12.7 Å². The second kappa shape index (κ2) is 6.60. The van der Waals surface area contributed by atoms with Gasteiger partial charge in [-0.2, -0.15) is 0 Å². The van der Waals surface area contributed by atoms with Crippen molar-refractivity contribution in [3.63, 3.8) is 0 Å². The van der Waals surface area contributed by atoms with Gasteiger partial charge in [-0.05, 0) is 19.3 Å². The van der Waals surface area contributed by atoms with Gasteiger partial charge in [0, 0.05) is 0 Å². The number of aliphatic hydroxyl groups excluding tert-OH is 6. The van der Waals surface area contributed by atoms with Crippen LogP contribution in [0.15, 0.2) is 0 Å². The van der Waals surface area contributed by atoms with E-state index in [4.69, 9.17) is 14.9 Å². The molecule has 0 aliphatic carbocycles. The van der Waals surface area contributed by atoms with Crippen LogP contribution in [0.3, 0.4) is 0 Å². The Bertz CT molecular complexity index is 225. The van der Waals surface area contributed by atoms with Gasteiger partial charge in [0.25, 0.3) is 0 Å². The van der Waals surface area contributed by atoms with Gasteiger partial charge in [0.15, 0.2) is 6.29 Å². The Labute approximate surface area is 98.9 Å². The number of rotatable bonds is 5. The highest BCUT2D eigenvalue weighted by atomic mass is 16.6. The smallest absolute Gasteiger partial charge is 0.155 e. The maximum absolute atomic E-state index is 9.74. The van der Waals surface area contributed by atoms with Gasteiger partial charge in [0.1, 0.15) is 24.4 Å². The predicted octanol–water partition coefficient (Wildman–Crippen LogP) is -2.69. The Morgan fingerprint density at radius 2 is 1.71 bits per heavy atom. The lowest BCUT2D eigenvalue weighted by molar-refractivity contribution is -0.216. The molecule has 0 saturated carbocycles. The van der Waals surface area contributed by atoms with Gasteiger partial charge >= 0.3 is 0 Å². The van der Waals surface area contributed by atoms with E-state index in [1.165, 1.54) is 0 Å². The number of hydrogen-bond donors (Lipinski definition) is 6. The molecule has 0 aromatic carbocycles. The minimum absolute atomic E-state index is 0.442. The fourth-order valence-electron chi connectivity index (χ4n) is 1.84. The van der Waals surface area contributed by atoms with Gasteiger partial charge in [-0.3, -0.25) is 0 Å². The summed E-state index contributed by atoms with van der Waals surface area (Å²) in [5.74, 6) is 0. The SMILES string of the molecule is OC[C@@H](O)[C@@H](O)[C@H](O)[C@H](O)[C@@H]1CCCC(O)O1. The topological polar surface area (TPSA) is 131 Å². The molecule has 1 unspecified atom stereocenters. The summed E-state index contributed by atoms with van der Waals surface area (Å²) < 4.78 is 5.02. The fourth-order valence-corrected chi connectivity index (χ4v) is 1.84. The van der Waals surface area contributed by atoms with Gasteiger partial charge in [-0.1, -0.05) is 0 Å². The normalized spacial score (nSPS) is 32.8. The first-order valence-corrected chi connectivity index (χ1v) is 5.64. The van der Waals surface area contributed by atoms with Crippen LogP contribution in [0.2, 0.25) is 0 Å². The van der Waals surface area contributed by atoms with Crippen molar-refractivity contribution >= 4 is 0 Å². The second-order valence-corrected chi connectivity index (χ2v) is 4.28. The summed E-state index contributed by atoms with van der Waals surface area (Å²) in [7, 11) is 0. The maximum Gasteiger partial charge on any atom is 0.155 e. The van der Waals surface area contributed by atoms with Crippen LogP contribution in [0.1, 0.15) is 19.3 Å². The zero-order chi connectivity index (χ0) is 13.0. The molecule has 0 bridgehead atoms. The third-order valence-corrected chi connectivity index (χ3v) is 2.93. The first kappa shape index (κ1) is 14.8.